The Labute approximate surface area is 161 Å². The quantitative estimate of drug-likeness (QED) is 0.705. The van der Waals surface area contributed by atoms with Gasteiger partial charge in [0.05, 0.1) is 11.4 Å². The van der Waals surface area contributed by atoms with Crippen LogP contribution in [0.15, 0.2) is 54.6 Å². The maximum absolute atomic E-state index is 14.2. The molecule has 4 rings (SSSR count). The Hall–Kier alpha value is -3.13. The number of hydrogen-bond donors (Lipinski definition) is 2. The fourth-order valence-corrected chi connectivity index (χ4v) is 4.92. The number of carbonyl (C=O) groups excluding carboxylic acids is 1. The summed E-state index contributed by atoms with van der Waals surface area (Å²) in [5, 5.41) is 13.7. The van der Waals surface area contributed by atoms with Gasteiger partial charge in [0.1, 0.15) is 11.6 Å². The van der Waals surface area contributed by atoms with E-state index in [4.69, 9.17) is 0 Å². The lowest BCUT2D eigenvalue weighted by Crippen LogP contribution is -2.26. The van der Waals surface area contributed by atoms with E-state index < -0.39 is 21.7 Å². The molecule has 1 aliphatic rings. The maximum Gasteiger partial charge on any atom is 0.256 e. The molecular formula is C20H17FN2O4S. The SMILES string of the molecule is O=C(Nc1ccc(F)c(N2CCCS2(=O)=O)c1)c1cccc2cc(O)ccc12. The van der Waals surface area contributed by atoms with E-state index in [0.29, 0.717) is 28.4 Å². The molecule has 2 N–H and O–H groups in total. The second-order valence-electron chi connectivity index (χ2n) is 6.57. The molecule has 144 valence electrons. The number of rotatable bonds is 3. The van der Waals surface area contributed by atoms with E-state index >= 15 is 0 Å². The summed E-state index contributed by atoms with van der Waals surface area (Å²) in [5.74, 6) is -1.01. The number of carbonyl (C=O) groups is 1. The van der Waals surface area contributed by atoms with Crippen LogP contribution in [-0.4, -0.2) is 31.7 Å². The molecule has 1 saturated heterocycles. The lowest BCUT2D eigenvalue weighted by Gasteiger charge is -2.18. The summed E-state index contributed by atoms with van der Waals surface area (Å²) in [5.41, 5.74) is 0.606. The highest BCUT2D eigenvalue weighted by molar-refractivity contribution is 7.93. The van der Waals surface area contributed by atoms with Crippen LogP contribution >= 0.6 is 0 Å². The van der Waals surface area contributed by atoms with Gasteiger partial charge in [0, 0.05) is 17.8 Å². The van der Waals surface area contributed by atoms with Gasteiger partial charge in [0.15, 0.2) is 0 Å². The Kier molecular flexibility index (Phi) is 4.43. The summed E-state index contributed by atoms with van der Waals surface area (Å²) in [6.45, 7) is 0.212. The zero-order valence-electron chi connectivity index (χ0n) is 14.7. The molecule has 0 saturated carbocycles. The number of fused-ring (bicyclic) bond motifs is 1. The number of anilines is 2. The normalized spacial score (nSPS) is 15.7. The average Bonchev–Trinajstić information content (AvgIpc) is 3.01. The topological polar surface area (TPSA) is 86.7 Å². The number of amides is 1. The number of phenols is 1. The average molecular weight is 400 g/mol. The van der Waals surface area contributed by atoms with E-state index in [1.807, 2.05) is 0 Å². The van der Waals surface area contributed by atoms with E-state index in [2.05, 4.69) is 5.32 Å². The molecule has 1 aliphatic heterocycles. The molecule has 1 amide bonds. The van der Waals surface area contributed by atoms with Crippen molar-refractivity contribution in [3.63, 3.8) is 0 Å². The monoisotopic (exact) mass is 400 g/mol. The zero-order valence-corrected chi connectivity index (χ0v) is 15.5. The summed E-state index contributed by atoms with van der Waals surface area (Å²) in [4.78, 5) is 12.8. The number of halogens is 1. The highest BCUT2D eigenvalue weighted by Crippen LogP contribution is 2.30. The summed E-state index contributed by atoms with van der Waals surface area (Å²) >= 11 is 0. The predicted octanol–water partition coefficient (Wildman–Crippen LogP) is 3.48. The summed E-state index contributed by atoms with van der Waals surface area (Å²) in [6.07, 6.45) is 0.432. The molecule has 0 spiro atoms. The Morgan fingerprint density at radius 1 is 1.11 bits per heavy atom. The van der Waals surface area contributed by atoms with Crippen LogP contribution in [0.1, 0.15) is 16.8 Å². The molecule has 3 aromatic rings. The lowest BCUT2D eigenvalue weighted by molar-refractivity contribution is 0.102. The fourth-order valence-electron chi connectivity index (χ4n) is 3.36. The lowest BCUT2D eigenvalue weighted by atomic mass is 10.0. The van der Waals surface area contributed by atoms with Crippen molar-refractivity contribution in [1.82, 2.24) is 0 Å². The molecule has 0 aromatic heterocycles. The maximum atomic E-state index is 14.2. The molecule has 1 heterocycles. The third-order valence-corrected chi connectivity index (χ3v) is 6.54. The smallest absolute Gasteiger partial charge is 0.256 e. The van der Waals surface area contributed by atoms with Crippen molar-refractivity contribution >= 4 is 38.1 Å². The van der Waals surface area contributed by atoms with Crippen LogP contribution in [0.3, 0.4) is 0 Å². The van der Waals surface area contributed by atoms with Crippen molar-refractivity contribution in [2.45, 2.75) is 6.42 Å². The van der Waals surface area contributed by atoms with Crippen molar-refractivity contribution in [2.24, 2.45) is 0 Å². The van der Waals surface area contributed by atoms with E-state index in [0.717, 1.165) is 10.4 Å². The van der Waals surface area contributed by atoms with E-state index in [-0.39, 0.29) is 23.7 Å². The van der Waals surface area contributed by atoms with Crippen LogP contribution in [0.25, 0.3) is 10.8 Å². The third kappa shape index (κ3) is 3.27. The Morgan fingerprint density at radius 2 is 1.93 bits per heavy atom. The van der Waals surface area contributed by atoms with Crippen LogP contribution in [0.5, 0.6) is 5.75 Å². The van der Waals surface area contributed by atoms with Gasteiger partial charge in [-0.25, -0.2) is 12.8 Å². The molecule has 3 aromatic carbocycles. The number of aromatic hydroxyl groups is 1. The van der Waals surface area contributed by atoms with E-state index in [1.54, 1.807) is 30.3 Å². The van der Waals surface area contributed by atoms with Gasteiger partial charge in [-0.1, -0.05) is 12.1 Å². The van der Waals surface area contributed by atoms with Crippen LogP contribution in [-0.2, 0) is 10.0 Å². The second kappa shape index (κ2) is 6.79. The first kappa shape index (κ1) is 18.2. The molecule has 0 bridgehead atoms. The molecule has 0 aliphatic carbocycles. The minimum absolute atomic E-state index is 0.0219. The predicted molar refractivity (Wildman–Crippen MR) is 106 cm³/mol. The first-order valence-corrected chi connectivity index (χ1v) is 10.3. The molecular weight excluding hydrogens is 383 g/mol. The molecule has 6 nitrogen and oxygen atoms in total. The Morgan fingerprint density at radius 3 is 2.68 bits per heavy atom. The van der Waals surface area contributed by atoms with Gasteiger partial charge in [-0.05, 0) is 59.7 Å². The van der Waals surface area contributed by atoms with Crippen molar-refractivity contribution in [3.8, 4) is 5.75 Å². The molecule has 28 heavy (non-hydrogen) atoms. The third-order valence-electron chi connectivity index (χ3n) is 4.68. The number of sulfonamides is 1. The first-order chi connectivity index (χ1) is 13.3. The highest BCUT2D eigenvalue weighted by atomic mass is 32.2. The first-order valence-electron chi connectivity index (χ1n) is 8.68. The van der Waals surface area contributed by atoms with Gasteiger partial charge in [-0.15, -0.1) is 0 Å². The second-order valence-corrected chi connectivity index (χ2v) is 8.59. The Bertz CT molecular complexity index is 1190. The summed E-state index contributed by atoms with van der Waals surface area (Å²) < 4.78 is 39.5. The van der Waals surface area contributed by atoms with Crippen molar-refractivity contribution < 1.29 is 22.7 Å². The molecule has 0 atom stereocenters. The van der Waals surface area contributed by atoms with Crippen molar-refractivity contribution in [3.05, 3.63) is 66.0 Å². The minimum atomic E-state index is -3.54. The van der Waals surface area contributed by atoms with E-state index in [1.165, 1.54) is 18.2 Å². The van der Waals surface area contributed by atoms with Gasteiger partial charge < -0.3 is 10.4 Å². The molecule has 0 unspecified atom stereocenters. The van der Waals surface area contributed by atoms with Crippen LogP contribution in [0.4, 0.5) is 15.8 Å². The van der Waals surface area contributed by atoms with Crippen LogP contribution in [0.2, 0.25) is 0 Å². The highest BCUT2D eigenvalue weighted by Gasteiger charge is 2.30. The van der Waals surface area contributed by atoms with E-state index in [9.17, 15) is 22.7 Å². The van der Waals surface area contributed by atoms with Gasteiger partial charge in [-0.2, -0.15) is 0 Å². The number of nitrogens with zero attached hydrogens (tertiary/aromatic N) is 1. The number of nitrogens with one attached hydrogen (secondary N) is 1. The summed E-state index contributed by atoms with van der Waals surface area (Å²) in [7, 11) is -3.54. The van der Waals surface area contributed by atoms with Crippen LogP contribution < -0.4 is 9.62 Å². The molecule has 0 radical (unpaired) electrons. The van der Waals surface area contributed by atoms with Crippen LogP contribution in [0, 0.1) is 5.82 Å². The number of hydrogen-bond acceptors (Lipinski definition) is 4. The molecule has 1 fully saturated rings. The standard InChI is InChI=1S/C20H17FN2O4S/c21-18-8-5-14(12-19(18)23-9-2-10-28(23,26)27)22-20(25)17-4-1-3-13-11-15(24)6-7-16(13)17/h1,3-8,11-12,24H,2,9-10H2,(H,22,25). The van der Waals surface area contributed by atoms with Crippen molar-refractivity contribution in [2.75, 3.05) is 21.9 Å². The van der Waals surface area contributed by atoms with Gasteiger partial charge in [0.2, 0.25) is 10.0 Å². The van der Waals surface area contributed by atoms with Crippen molar-refractivity contribution in [1.29, 1.82) is 0 Å². The molecule has 8 heteroatoms. The fraction of sp³-hybridized carbons (Fsp3) is 0.150. The largest absolute Gasteiger partial charge is 0.508 e. The summed E-state index contributed by atoms with van der Waals surface area (Å²) in [6, 6.07) is 13.7. The minimum Gasteiger partial charge on any atom is -0.508 e. The van der Waals surface area contributed by atoms with Gasteiger partial charge in [-0.3, -0.25) is 9.10 Å². The number of phenolic OH excluding ortho intramolecular Hbond substituents is 1. The number of benzene rings is 3. The Balaban J connectivity index is 1.67. The zero-order chi connectivity index (χ0) is 19.9. The van der Waals surface area contributed by atoms with Gasteiger partial charge in [0.25, 0.3) is 5.91 Å². The van der Waals surface area contributed by atoms with Gasteiger partial charge >= 0.3 is 0 Å².